The van der Waals surface area contributed by atoms with E-state index in [1.807, 2.05) is 0 Å². The van der Waals surface area contributed by atoms with Crippen LogP contribution < -0.4 is 5.32 Å². The average Bonchev–Trinajstić information content (AvgIpc) is 2.22. The topological polar surface area (TPSA) is 127 Å². The predicted molar refractivity (Wildman–Crippen MR) is 48.8 cm³/mol. The summed E-state index contributed by atoms with van der Waals surface area (Å²) in [5.41, 5.74) is 0. The number of aliphatic hydroxyl groups excluding tert-OH is 4. The Bertz CT molecular complexity index is 221. The molecule has 4 atom stereocenters. The minimum Gasteiger partial charge on any atom is -0.394 e. The van der Waals surface area contributed by atoms with Crippen molar-refractivity contribution in [2.45, 2.75) is 31.3 Å². The van der Waals surface area contributed by atoms with Crippen molar-refractivity contribution in [2.24, 2.45) is 0 Å². The molecule has 0 saturated carbocycles. The second-order valence-corrected chi connectivity index (χ2v) is 3.09. The number of hydrogen-bond donors (Lipinski definition) is 5. The molecule has 0 fully saturated rings. The quantitative estimate of drug-likeness (QED) is 0.300. The van der Waals surface area contributed by atoms with Crippen LogP contribution >= 0.6 is 0 Å². The average molecular weight is 221 g/mol. The van der Waals surface area contributed by atoms with Gasteiger partial charge in [0.15, 0.2) is 0 Å². The summed E-state index contributed by atoms with van der Waals surface area (Å²) in [5.74, 6) is -0.558. The molecule has 0 aromatic carbocycles. The maximum absolute atomic E-state index is 10.6. The van der Waals surface area contributed by atoms with Gasteiger partial charge in [-0.2, -0.15) is 0 Å². The van der Waals surface area contributed by atoms with Gasteiger partial charge in [-0.25, -0.2) is 0 Å². The summed E-state index contributed by atoms with van der Waals surface area (Å²) in [7, 11) is 0. The van der Waals surface area contributed by atoms with Gasteiger partial charge in [0.2, 0.25) is 5.91 Å². The van der Waals surface area contributed by atoms with Crippen LogP contribution in [-0.4, -0.2) is 63.6 Å². The van der Waals surface area contributed by atoms with E-state index < -0.39 is 36.9 Å². The van der Waals surface area contributed by atoms with Gasteiger partial charge in [0.1, 0.15) is 30.6 Å². The Hall–Kier alpha value is -1.02. The molecule has 88 valence electrons. The maximum atomic E-state index is 10.6. The Labute approximate surface area is 86.3 Å². The van der Waals surface area contributed by atoms with Crippen molar-refractivity contribution in [2.75, 3.05) is 6.61 Å². The van der Waals surface area contributed by atoms with Crippen LogP contribution in [0, 0.1) is 0 Å². The van der Waals surface area contributed by atoms with Crippen LogP contribution in [0.2, 0.25) is 0 Å². The van der Waals surface area contributed by atoms with Crippen LogP contribution in [0.1, 0.15) is 6.92 Å². The third kappa shape index (κ3) is 4.34. The van der Waals surface area contributed by atoms with Gasteiger partial charge in [0, 0.05) is 6.92 Å². The Balaban J connectivity index is 4.42. The van der Waals surface area contributed by atoms with Crippen molar-refractivity contribution in [1.82, 2.24) is 5.32 Å². The Morgan fingerprint density at radius 1 is 1.33 bits per heavy atom. The van der Waals surface area contributed by atoms with Gasteiger partial charge in [-0.1, -0.05) is 0 Å². The van der Waals surface area contributed by atoms with Crippen molar-refractivity contribution >= 4 is 12.2 Å². The zero-order valence-corrected chi connectivity index (χ0v) is 8.20. The Morgan fingerprint density at radius 2 is 1.87 bits per heavy atom. The number of carbonyl (C=O) groups excluding carboxylic acids is 2. The van der Waals surface area contributed by atoms with E-state index in [0.29, 0.717) is 0 Å². The number of aldehydes is 1. The van der Waals surface area contributed by atoms with Crippen molar-refractivity contribution < 1.29 is 30.0 Å². The highest BCUT2D eigenvalue weighted by molar-refractivity contribution is 5.77. The molecule has 7 heteroatoms. The van der Waals surface area contributed by atoms with E-state index in [4.69, 9.17) is 10.2 Å². The van der Waals surface area contributed by atoms with E-state index in [2.05, 4.69) is 5.32 Å². The largest absolute Gasteiger partial charge is 0.394 e. The highest BCUT2D eigenvalue weighted by Crippen LogP contribution is 2.03. The molecule has 0 aromatic heterocycles. The molecule has 0 aliphatic heterocycles. The molecule has 7 nitrogen and oxygen atoms in total. The number of amides is 1. The van der Waals surface area contributed by atoms with Gasteiger partial charge in [-0.15, -0.1) is 0 Å². The fourth-order valence-electron chi connectivity index (χ4n) is 0.983. The van der Waals surface area contributed by atoms with Gasteiger partial charge in [-0.05, 0) is 0 Å². The third-order valence-corrected chi connectivity index (χ3v) is 1.82. The van der Waals surface area contributed by atoms with E-state index in [-0.39, 0.29) is 6.29 Å². The fourth-order valence-corrected chi connectivity index (χ4v) is 0.983. The van der Waals surface area contributed by atoms with Gasteiger partial charge < -0.3 is 30.5 Å². The minimum absolute atomic E-state index is 0.235. The molecule has 0 rings (SSSR count). The van der Waals surface area contributed by atoms with E-state index in [1.165, 1.54) is 0 Å². The zero-order chi connectivity index (χ0) is 12.0. The molecule has 15 heavy (non-hydrogen) atoms. The Morgan fingerprint density at radius 3 is 2.20 bits per heavy atom. The van der Waals surface area contributed by atoms with Crippen LogP contribution in [0.5, 0.6) is 0 Å². The van der Waals surface area contributed by atoms with Crippen LogP contribution in [0.25, 0.3) is 0 Å². The van der Waals surface area contributed by atoms with E-state index in [0.717, 1.165) is 6.92 Å². The molecule has 0 heterocycles. The van der Waals surface area contributed by atoms with Crippen molar-refractivity contribution in [3.05, 3.63) is 0 Å². The molecule has 0 bridgehead atoms. The van der Waals surface area contributed by atoms with Crippen molar-refractivity contribution in [1.29, 1.82) is 0 Å². The van der Waals surface area contributed by atoms with Crippen molar-refractivity contribution in [3.63, 3.8) is 0 Å². The smallest absolute Gasteiger partial charge is 0.217 e. The number of aliphatic hydroxyl groups is 4. The third-order valence-electron chi connectivity index (χ3n) is 1.82. The molecular weight excluding hydrogens is 206 g/mol. The maximum Gasteiger partial charge on any atom is 0.217 e. The summed E-state index contributed by atoms with van der Waals surface area (Å²) in [6.07, 6.45) is -4.72. The summed E-state index contributed by atoms with van der Waals surface area (Å²) >= 11 is 0. The number of rotatable bonds is 6. The highest BCUT2D eigenvalue weighted by Gasteiger charge is 2.31. The molecule has 0 spiro atoms. The lowest BCUT2D eigenvalue weighted by Crippen LogP contribution is -2.53. The van der Waals surface area contributed by atoms with Gasteiger partial charge in [-0.3, -0.25) is 4.79 Å². The predicted octanol–water partition coefficient (Wildman–Crippen LogP) is -3.23. The summed E-state index contributed by atoms with van der Waals surface area (Å²) in [5, 5.41) is 38.2. The standard InChI is InChI=1S/C8H15NO6/c1-4(12)9-5(2-10)7(14)8(15)6(13)3-11/h2,5-8,11,13-15H,3H2,1H3,(H,9,12)/t5-,6?,7?,8?/m0/s1. The molecule has 0 aliphatic carbocycles. The van der Waals surface area contributed by atoms with E-state index >= 15 is 0 Å². The summed E-state index contributed by atoms with van der Waals surface area (Å²) < 4.78 is 0. The van der Waals surface area contributed by atoms with Gasteiger partial charge in [0.05, 0.1) is 6.61 Å². The monoisotopic (exact) mass is 221 g/mol. The second-order valence-electron chi connectivity index (χ2n) is 3.09. The van der Waals surface area contributed by atoms with Gasteiger partial charge in [0.25, 0.3) is 0 Å². The normalized spacial score (nSPS) is 18.7. The number of carbonyl (C=O) groups is 2. The first-order valence-corrected chi connectivity index (χ1v) is 4.31. The van der Waals surface area contributed by atoms with Crippen LogP contribution in [-0.2, 0) is 9.59 Å². The highest BCUT2D eigenvalue weighted by atomic mass is 16.4. The van der Waals surface area contributed by atoms with Crippen molar-refractivity contribution in [3.8, 4) is 0 Å². The van der Waals surface area contributed by atoms with Crippen LogP contribution in [0.4, 0.5) is 0 Å². The SMILES string of the molecule is CC(=O)N[C@@H](C=O)C(O)C(O)C(O)CO. The fraction of sp³-hybridized carbons (Fsp3) is 0.750. The molecule has 3 unspecified atom stereocenters. The van der Waals surface area contributed by atoms with E-state index in [1.54, 1.807) is 0 Å². The molecule has 0 aliphatic rings. The van der Waals surface area contributed by atoms with Crippen LogP contribution in [0.15, 0.2) is 0 Å². The van der Waals surface area contributed by atoms with E-state index in [9.17, 15) is 19.8 Å². The first kappa shape index (κ1) is 14.0. The lowest BCUT2D eigenvalue weighted by Gasteiger charge is -2.25. The lowest BCUT2D eigenvalue weighted by atomic mass is 10.0. The molecule has 0 radical (unpaired) electrons. The Kier molecular flexibility index (Phi) is 6.02. The second kappa shape index (κ2) is 6.46. The molecule has 5 N–H and O–H groups in total. The summed E-state index contributed by atoms with van der Waals surface area (Å²) in [6, 6.07) is -1.32. The molecular formula is C8H15NO6. The molecule has 1 amide bonds. The number of nitrogens with one attached hydrogen (secondary N) is 1. The summed E-state index contributed by atoms with van der Waals surface area (Å²) in [4.78, 5) is 21.1. The minimum atomic E-state index is -1.71. The number of hydrogen-bond acceptors (Lipinski definition) is 6. The van der Waals surface area contributed by atoms with Crippen LogP contribution in [0.3, 0.4) is 0 Å². The summed E-state index contributed by atoms with van der Waals surface area (Å²) in [6.45, 7) is 0.377. The molecule has 0 aromatic rings. The molecule has 0 saturated heterocycles. The van der Waals surface area contributed by atoms with Gasteiger partial charge >= 0.3 is 0 Å². The lowest BCUT2D eigenvalue weighted by molar-refractivity contribution is -0.129. The first-order valence-electron chi connectivity index (χ1n) is 4.31. The zero-order valence-electron chi connectivity index (χ0n) is 8.20. The first-order chi connectivity index (χ1) is 6.93.